The molecule has 1 atom stereocenters. The molecule has 18 heavy (non-hydrogen) atoms. The molecule has 0 fully saturated rings. The minimum atomic E-state index is -0.735. The Morgan fingerprint density at radius 3 is 2.50 bits per heavy atom. The zero-order valence-electron chi connectivity index (χ0n) is 11.8. The van der Waals surface area contributed by atoms with Crippen molar-refractivity contribution in [2.24, 2.45) is 0 Å². The van der Waals surface area contributed by atoms with Crippen LogP contribution >= 0.6 is 0 Å². The molecule has 0 aliphatic heterocycles. The molecule has 0 aliphatic carbocycles. The van der Waals surface area contributed by atoms with Crippen molar-refractivity contribution in [1.29, 1.82) is 0 Å². The van der Waals surface area contributed by atoms with Gasteiger partial charge in [0.1, 0.15) is 5.82 Å². The molecule has 2 nitrogen and oxygen atoms in total. The third-order valence-corrected chi connectivity index (χ3v) is 3.90. The second kappa shape index (κ2) is 6.30. The van der Waals surface area contributed by atoms with Crippen molar-refractivity contribution in [1.82, 2.24) is 4.90 Å². The van der Waals surface area contributed by atoms with Crippen LogP contribution in [-0.2, 0) is 0 Å². The molecule has 0 heterocycles. The molecule has 0 bridgehead atoms. The average molecular weight is 253 g/mol. The Bertz CT molecular complexity index is 379. The van der Waals surface area contributed by atoms with Crippen molar-refractivity contribution in [3.05, 3.63) is 35.6 Å². The molecule has 0 aliphatic rings. The fraction of sp³-hybridized carbons (Fsp3) is 0.600. The minimum Gasteiger partial charge on any atom is -0.388 e. The Hall–Kier alpha value is -0.930. The van der Waals surface area contributed by atoms with Crippen LogP contribution in [-0.4, -0.2) is 29.1 Å². The van der Waals surface area contributed by atoms with Crippen molar-refractivity contribution in [2.45, 2.75) is 45.3 Å². The van der Waals surface area contributed by atoms with Gasteiger partial charge in [0.25, 0.3) is 0 Å². The zero-order valence-corrected chi connectivity index (χ0v) is 11.8. The highest BCUT2D eigenvalue weighted by Crippen LogP contribution is 2.22. The first-order valence-electron chi connectivity index (χ1n) is 6.52. The normalized spacial score (nSPS) is 13.9. The monoisotopic (exact) mass is 253 g/mol. The van der Waals surface area contributed by atoms with Gasteiger partial charge in [-0.2, -0.15) is 0 Å². The fourth-order valence-electron chi connectivity index (χ4n) is 1.79. The Balaban J connectivity index is 2.57. The number of hydrogen-bond donors (Lipinski definition) is 1. The van der Waals surface area contributed by atoms with Crippen LogP contribution in [0.3, 0.4) is 0 Å². The van der Waals surface area contributed by atoms with Crippen molar-refractivity contribution >= 4 is 0 Å². The number of benzene rings is 1. The fourth-order valence-corrected chi connectivity index (χ4v) is 1.79. The summed E-state index contributed by atoms with van der Waals surface area (Å²) in [4.78, 5) is 2.21. The molecule has 0 radical (unpaired) electrons. The summed E-state index contributed by atoms with van der Waals surface area (Å²) >= 11 is 0. The van der Waals surface area contributed by atoms with Crippen LogP contribution in [0.4, 0.5) is 4.39 Å². The number of rotatable bonds is 6. The molecule has 1 N–H and O–H groups in total. The topological polar surface area (TPSA) is 23.5 Å². The Kier molecular flexibility index (Phi) is 5.29. The third kappa shape index (κ3) is 3.79. The molecule has 102 valence electrons. The summed E-state index contributed by atoms with van der Waals surface area (Å²) in [5.41, 5.74) is 0.495. The first-order chi connectivity index (χ1) is 8.38. The summed E-state index contributed by atoms with van der Waals surface area (Å²) in [6, 6.07) is 6.42. The summed E-state index contributed by atoms with van der Waals surface area (Å²) in [7, 11) is 2.04. The van der Waals surface area contributed by atoms with E-state index >= 15 is 0 Å². The van der Waals surface area contributed by atoms with E-state index in [2.05, 4.69) is 25.7 Å². The van der Waals surface area contributed by atoms with E-state index in [4.69, 9.17) is 0 Å². The van der Waals surface area contributed by atoms with E-state index in [1.807, 2.05) is 7.05 Å². The number of aliphatic hydroxyl groups excluding tert-OH is 1. The number of hydrogen-bond acceptors (Lipinski definition) is 2. The zero-order chi connectivity index (χ0) is 13.8. The maximum atomic E-state index is 13.5. The molecule has 1 aromatic rings. The molecule has 1 aromatic carbocycles. The molecule has 0 saturated heterocycles. The van der Waals surface area contributed by atoms with Crippen molar-refractivity contribution in [3.63, 3.8) is 0 Å². The van der Waals surface area contributed by atoms with Crippen LogP contribution < -0.4 is 0 Å². The summed E-state index contributed by atoms with van der Waals surface area (Å²) in [5, 5.41) is 10.0. The van der Waals surface area contributed by atoms with E-state index in [1.54, 1.807) is 18.2 Å². The molecular weight excluding hydrogens is 229 g/mol. The van der Waals surface area contributed by atoms with E-state index in [1.165, 1.54) is 6.07 Å². The summed E-state index contributed by atoms with van der Waals surface area (Å²) in [5.74, 6) is -0.331. The van der Waals surface area contributed by atoms with Gasteiger partial charge in [-0.15, -0.1) is 0 Å². The van der Waals surface area contributed by atoms with E-state index in [9.17, 15) is 9.50 Å². The lowest BCUT2D eigenvalue weighted by molar-refractivity contribution is 0.103. The SMILES string of the molecule is CCC(C)(C)N(C)CCC(O)c1ccccc1F. The Morgan fingerprint density at radius 1 is 1.33 bits per heavy atom. The van der Waals surface area contributed by atoms with E-state index < -0.39 is 6.10 Å². The Labute approximate surface area is 109 Å². The maximum Gasteiger partial charge on any atom is 0.128 e. The van der Waals surface area contributed by atoms with Gasteiger partial charge < -0.3 is 10.0 Å². The number of nitrogens with zero attached hydrogens (tertiary/aromatic N) is 1. The second-order valence-corrected chi connectivity index (χ2v) is 5.41. The predicted octanol–water partition coefficient (Wildman–Crippen LogP) is 3.37. The molecule has 0 saturated carbocycles. The lowest BCUT2D eigenvalue weighted by atomic mass is 9.98. The first kappa shape index (κ1) is 15.1. The first-order valence-corrected chi connectivity index (χ1v) is 6.52. The molecule has 3 heteroatoms. The highest BCUT2D eigenvalue weighted by atomic mass is 19.1. The number of halogens is 1. The molecule has 0 spiro atoms. The summed E-state index contributed by atoms with van der Waals surface area (Å²) in [6.45, 7) is 7.23. The van der Waals surface area contributed by atoms with Gasteiger partial charge in [0.2, 0.25) is 0 Å². The van der Waals surface area contributed by atoms with Crippen LogP contribution in [0.5, 0.6) is 0 Å². The van der Waals surface area contributed by atoms with Gasteiger partial charge in [-0.25, -0.2) is 4.39 Å². The molecule has 0 amide bonds. The lowest BCUT2D eigenvalue weighted by Gasteiger charge is -2.35. The van der Waals surface area contributed by atoms with Crippen LogP contribution in [0.1, 0.15) is 45.3 Å². The van der Waals surface area contributed by atoms with Crippen LogP contribution in [0.25, 0.3) is 0 Å². The standard InChI is InChI=1S/C15H24FNO/c1-5-15(2,3)17(4)11-10-14(18)12-8-6-7-9-13(12)16/h6-9,14,18H,5,10-11H2,1-4H3. The van der Waals surface area contributed by atoms with Gasteiger partial charge in [-0.1, -0.05) is 25.1 Å². The Morgan fingerprint density at radius 2 is 1.94 bits per heavy atom. The molecule has 0 aromatic heterocycles. The van der Waals surface area contributed by atoms with Gasteiger partial charge in [0, 0.05) is 17.6 Å². The smallest absolute Gasteiger partial charge is 0.128 e. The van der Waals surface area contributed by atoms with E-state index in [0.717, 1.165) is 13.0 Å². The van der Waals surface area contributed by atoms with Gasteiger partial charge in [-0.3, -0.25) is 0 Å². The number of aliphatic hydroxyl groups is 1. The van der Waals surface area contributed by atoms with E-state index in [-0.39, 0.29) is 11.4 Å². The lowest BCUT2D eigenvalue weighted by Crippen LogP contribution is -2.41. The van der Waals surface area contributed by atoms with Gasteiger partial charge in [0.15, 0.2) is 0 Å². The van der Waals surface area contributed by atoms with Crippen molar-refractivity contribution in [2.75, 3.05) is 13.6 Å². The quantitative estimate of drug-likeness (QED) is 0.840. The van der Waals surface area contributed by atoms with Crippen molar-refractivity contribution < 1.29 is 9.50 Å². The van der Waals surface area contributed by atoms with E-state index in [0.29, 0.717) is 12.0 Å². The van der Waals surface area contributed by atoms with Gasteiger partial charge >= 0.3 is 0 Å². The maximum absolute atomic E-state index is 13.5. The van der Waals surface area contributed by atoms with Crippen molar-refractivity contribution in [3.8, 4) is 0 Å². The largest absolute Gasteiger partial charge is 0.388 e. The minimum absolute atomic E-state index is 0.106. The third-order valence-electron chi connectivity index (χ3n) is 3.90. The summed E-state index contributed by atoms with van der Waals surface area (Å²) < 4.78 is 13.5. The van der Waals surface area contributed by atoms with Gasteiger partial charge in [0.05, 0.1) is 6.10 Å². The second-order valence-electron chi connectivity index (χ2n) is 5.41. The van der Waals surface area contributed by atoms with Crippen LogP contribution in [0.15, 0.2) is 24.3 Å². The van der Waals surface area contributed by atoms with Gasteiger partial charge in [-0.05, 0) is 39.8 Å². The average Bonchev–Trinajstić information content (AvgIpc) is 2.36. The molecule has 1 unspecified atom stereocenters. The highest BCUT2D eigenvalue weighted by molar-refractivity contribution is 5.19. The summed E-state index contributed by atoms with van der Waals surface area (Å²) in [6.07, 6.45) is 0.849. The molecular formula is C15H24FNO. The van der Waals surface area contributed by atoms with Crippen LogP contribution in [0.2, 0.25) is 0 Å². The predicted molar refractivity (Wildman–Crippen MR) is 73.0 cm³/mol. The van der Waals surface area contributed by atoms with Crippen LogP contribution in [0, 0.1) is 5.82 Å². The highest BCUT2D eigenvalue weighted by Gasteiger charge is 2.22. The molecule has 1 rings (SSSR count).